The summed E-state index contributed by atoms with van der Waals surface area (Å²) in [6, 6.07) is 16.8. The first-order valence-corrected chi connectivity index (χ1v) is 12.5. The standard InChI is InChI=1S/C28H33NO8/c1-3-8-24(30)35-18-36-28(34)23-16-22(25(23)27(32)33)26(31)29(15-4-2)17-19-11-13-21(14-12-19)37-20-9-6-5-7-10-20/h5-7,9-14,22-23,25H,3-4,8,15-18H2,1-2H3,(H,32,33). The smallest absolute Gasteiger partial charge is 0.312 e. The van der Waals surface area contributed by atoms with Crippen molar-refractivity contribution in [3.8, 4) is 11.5 Å². The molecule has 1 fully saturated rings. The van der Waals surface area contributed by atoms with Crippen LogP contribution in [0.4, 0.5) is 0 Å². The molecule has 0 spiro atoms. The molecule has 3 rings (SSSR count). The van der Waals surface area contributed by atoms with Gasteiger partial charge in [0.25, 0.3) is 0 Å². The van der Waals surface area contributed by atoms with Gasteiger partial charge in [0.15, 0.2) is 0 Å². The zero-order valence-corrected chi connectivity index (χ0v) is 21.1. The molecule has 0 aliphatic heterocycles. The largest absolute Gasteiger partial charge is 0.481 e. The summed E-state index contributed by atoms with van der Waals surface area (Å²) in [5.41, 5.74) is 0.873. The number of rotatable bonds is 13. The highest BCUT2D eigenvalue weighted by Crippen LogP contribution is 2.43. The van der Waals surface area contributed by atoms with E-state index in [1.165, 1.54) is 0 Å². The number of carboxylic acid groups (broad SMARTS) is 1. The van der Waals surface area contributed by atoms with Crippen LogP contribution in [0.25, 0.3) is 0 Å². The molecular formula is C28H33NO8. The molecule has 0 bridgehead atoms. The lowest BCUT2D eigenvalue weighted by Gasteiger charge is -2.41. The number of carbonyl (C=O) groups is 4. The quantitative estimate of drug-likeness (QED) is 0.310. The molecule has 9 heteroatoms. The number of carbonyl (C=O) groups excluding carboxylic acids is 3. The molecule has 37 heavy (non-hydrogen) atoms. The van der Waals surface area contributed by atoms with Gasteiger partial charge >= 0.3 is 17.9 Å². The number of aliphatic carboxylic acids is 1. The third-order valence-corrected chi connectivity index (χ3v) is 6.24. The number of ether oxygens (including phenoxy) is 3. The molecule has 3 atom stereocenters. The number of amides is 1. The van der Waals surface area contributed by atoms with Crippen LogP contribution < -0.4 is 4.74 Å². The number of carboxylic acids is 1. The maximum Gasteiger partial charge on any atom is 0.312 e. The summed E-state index contributed by atoms with van der Waals surface area (Å²) in [6.45, 7) is 3.95. The second-order valence-electron chi connectivity index (χ2n) is 8.98. The van der Waals surface area contributed by atoms with Crippen LogP contribution in [-0.2, 0) is 35.2 Å². The molecule has 0 saturated heterocycles. The van der Waals surface area contributed by atoms with Gasteiger partial charge in [-0.3, -0.25) is 19.2 Å². The first-order chi connectivity index (χ1) is 17.8. The van der Waals surface area contributed by atoms with Crippen molar-refractivity contribution in [3.63, 3.8) is 0 Å². The fourth-order valence-corrected chi connectivity index (χ4v) is 4.31. The van der Waals surface area contributed by atoms with Gasteiger partial charge in [0, 0.05) is 19.5 Å². The summed E-state index contributed by atoms with van der Waals surface area (Å²) >= 11 is 0. The summed E-state index contributed by atoms with van der Waals surface area (Å²) in [5, 5.41) is 9.73. The zero-order chi connectivity index (χ0) is 26.8. The van der Waals surface area contributed by atoms with E-state index >= 15 is 0 Å². The number of benzene rings is 2. The molecule has 0 heterocycles. The monoisotopic (exact) mass is 511 g/mol. The van der Waals surface area contributed by atoms with E-state index in [0.29, 0.717) is 31.7 Å². The van der Waals surface area contributed by atoms with Crippen LogP contribution >= 0.6 is 0 Å². The van der Waals surface area contributed by atoms with Crippen molar-refractivity contribution < 1.29 is 38.5 Å². The predicted octanol–water partition coefficient (Wildman–Crippen LogP) is 4.40. The maximum atomic E-state index is 13.3. The Labute approximate surface area is 216 Å². The Morgan fingerprint density at radius 3 is 2.19 bits per heavy atom. The summed E-state index contributed by atoms with van der Waals surface area (Å²) in [4.78, 5) is 50.7. The van der Waals surface area contributed by atoms with E-state index in [9.17, 15) is 24.3 Å². The van der Waals surface area contributed by atoms with Crippen molar-refractivity contribution in [2.75, 3.05) is 13.3 Å². The molecule has 0 radical (unpaired) electrons. The van der Waals surface area contributed by atoms with Crippen LogP contribution in [0.15, 0.2) is 54.6 Å². The number of nitrogens with zero attached hydrogens (tertiary/aromatic N) is 1. The molecule has 1 N–H and O–H groups in total. The van der Waals surface area contributed by atoms with Gasteiger partial charge in [0.2, 0.25) is 12.7 Å². The lowest BCUT2D eigenvalue weighted by molar-refractivity contribution is -0.183. The van der Waals surface area contributed by atoms with Gasteiger partial charge in [-0.05, 0) is 49.1 Å². The lowest BCUT2D eigenvalue weighted by Crippen LogP contribution is -2.53. The van der Waals surface area contributed by atoms with E-state index in [4.69, 9.17) is 14.2 Å². The average Bonchev–Trinajstić information content (AvgIpc) is 2.84. The minimum absolute atomic E-state index is 0.0710. The highest BCUT2D eigenvalue weighted by molar-refractivity contribution is 5.92. The fraction of sp³-hybridized carbons (Fsp3) is 0.429. The van der Waals surface area contributed by atoms with Crippen LogP contribution in [0, 0.1) is 17.8 Å². The van der Waals surface area contributed by atoms with Crippen molar-refractivity contribution in [2.24, 2.45) is 17.8 Å². The van der Waals surface area contributed by atoms with Crippen molar-refractivity contribution in [2.45, 2.75) is 46.1 Å². The second kappa shape index (κ2) is 13.4. The topological polar surface area (TPSA) is 119 Å². The van der Waals surface area contributed by atoms with E-state index in [2.05, 4.69) is 0 Å². The van der Waals surface area contributed by atoms with E-state index in [-0.39, 0.29) is 18.7 Å². The molecule has 9 nitrogen and oxygen atoms in total. The van der Waals surface area contributed by atoms with Gasteiger partial charge in [0.1, 0.15) is 11.5 Å². The van der Waals surface area contributed by atoms with Crippen LogP contribution in [0.5, 0.6) is 11.5 Å². The molecular weight excluding hydrogens is 478 g/mol. The summed E-state index contributed by atoms with van der Waals surface area (Å²) in [6.07, 6.45) is 1.56. The van der Waals surface area contributed by atoms with Gasteiger partial charge in [-0.15, -0.1) is 0 Å². The Morgan fingerprint density at radius 2 is 1.57 bits per heavy atom. The maximum absolute atomic E-state index is 13.3. The zero-order valence-electron chi connectivity index (χ0n) is 21.1. The van der Waals surface area contributed by atoms with Crippen molar-refractivity contribution in [1.82, 2.24) is 4.90 Å². The summed E-state index contributed by atoms with van der Waals surface area (Å²) in [7, 11) is 0. The Balaban J connectivity index is 1.59. The minimum atomic E-state index is -1.23. The lowest BCUT2D eigenvalue weighted by atomic mass is 9.64. The highest BCUT2D eigenvalue weighted by Gasteiger charge is 2.54. The fourth-order valence-electron chi connectivity index (χ4n) is 4.31. The van der Waals surface area contributed by atoms with Gasteiger partial charge in [-0.25, -0.2) is 0 Å². The Bertz CT molecular complexity index is 1070. The van der Waals surface area contributed by atoms with Gasteiger partial charge in [0.05, 0.1) is 17.8 Å². The summed E-state index contributed by atoms with van der Waals surface area (Å²) in [5.74, 6) is -4.42. The molecule has 1 saturated carbocycles. The van der Waals surface area contributed by atoms with Crippen LogP contribution in [0.2, 0.25) is 0 Å². The Hall–Kier alpha value is -3.88. The SMILES string of the molecule is CCCC(=O)OCOC(=O)C1CC(C(=O)N(CCC)Cc2ccc(Oc3ccccc3)cc2)C1C(=O)O. The second-order valence-corrected chi connectivity index (χ2v) is 8.98. The molecule has 0 aromatic heterocycles. The first-order valence-electron chi connectivity index (χ1n) is 12.5. The highest BCUT2D eigenvalue weighted by atomic mass is 16.7. The normalized spacial score (nSPS) is 18.3. The van der Waals surface area contributed by atoms with Gasteiger partial charge < -0.3 is 24.2 Å². The molecule has 1 amide bonds. The predicted molar refractivity (Wildman–Crippen MR) is 133 cm³/mol. The number of esters is 2. The average molecular weight is 512 g/mol. The summed E-state index contributed by atoms with van der Waals surface area (Å²) < 4.78 is 15.6. The first kappa shape index (κ1) is 27.7. The molecule has 198 valence electrons. The van der Waals surface area contributed by atoms with Crippen LogP contribution in [-0.4, -0.2) is 47.2 Å². The molecule has 3 unspecified atom stereocenters. The molecule has 1 aliphatic rings. The number of hydrogen-bond acceptors (Lipinski definition) is 7. The Morgan fingerprint density at radius 1 is 0.892 bits per heavy atom. The number of hydrogen-bond donors (Lipinski definition) is 1. The van der Waals surface area contributed by atoms with Gasteiger partial charge in [-0.1, -0.05) is 44.2 Å². The van der Waals surface area contributed by atoms with Crippen LogP contribution in [0.3, 0.4) is 0 Å². The van der Waals surface area contributed by atoms with Crippen molar-refractivity contribution in [3.05, 3.63) is 60.2 Å². The van der Waals surface area contributed by atoms with Crippen molar-refractivity contribution >= 4 is 23.8 Å². The van der Waals surface area contributed by atoms with E-state index in [1.807, 2.05) is 68.4 Å². The molecule has 1 aliphatic carbocycles. The molecule has 2 aromatic rings. The van der Waals surface area contributed by atoms with E-state index < -0.39 is 42.5 Å². The number of para-hydroxylation sites is 1. The van der Waals surface area contributed by atoms with Gasteiger partial charge in [-0.2, -0.15) is 0 Å². The van der Waals surface area contributed by atoms with E-state index in [0.717, 1.165) is 11.3 Å². The van der Waals surface area contributed by atoms with Crippen molar-refractivity contribution in [1.29, 1.82) is 0 Å². The Kier molecular flexibility index (Phi) is 10.1. The van der Waals surface area contributed by atoms with Crippen LogP contribution in [0.1, 0.15) is 45.1 Å². The van der Waals surface area contributed by atoms with E-state index in [1.54, 1.807) is 4.90 Å². The molecule has 2 aromatic carbocycles. The third-order valence-electron chi connectivity index (χ3n) is 6.24. The minimum Gasteiger partial charge on any atom is -0.481 e. The third kappa shape index (κ3) is 7.55.